The highest BCUT2D eigenvalue weighted by Gasteiger charge is 2.25. The van der Waals surface area contributed by atoms with Crippen molar-refractivity contribution >= 4 is 150 Å². The maximum atomic E-state index is 2.57. The van der Waals surface area contributed by atoms with Gasteiger partial charge in [0.05, 0.1) is 42.8 Å². The van der Waals surface area contributed by atoms with Gasteiger partial charge in [0.15, 0.2) is 0 Å². The summed E-state index contributed by atoms with van der Waals surface area (Å²) < 4.78 is 10.4. The molecule has 0 radical (unpaired) electrons. The third-order valence-corrected chi connectivity index (χ3v) is 17.2. The Morgan fingerprint density at radius 1 is 0.265 bits per heavy atom. The molecule has 12 aromatic carbocycles. The van der Waals surface area contributed by atoms with Gasteiger partial charge in [-0.2, -0.15) is 0 Å². The first-order chi connectivity index (χ1) is 33.8. The molecular weight excluding hydrogens is 861 g/mol. The van der Waals surface area contributed by atoms with Crippen LogP contribution in [-0.4, -0.2) is 9.13 Å². The lowest BCUT2D eigenvalue weighted by atomic mass is 9.96. The zero-order valence-corrected chi connectivity index (χ0v) is 38.1. The lowest BCUT2D eigenvalue weighted by Crippen LogP contribution is -1.96. The first kappa shape index (κ1) is 36.9. The van der Waals surface area contributed by atoms with Crippen LogP contribution in [-0.2, 0) is 0 Å². The van der Waals surface area contributed by atoms with E-state index in [1.54, 1.807) is 0 Å². The Labute approximate surface area is 397 Å². The van der Waals surface area contributed by atoms with Gasteiger partial charge in [-0.05, 0) is 92.0 Å². The number of hydrogen-bond acceptors (Lipinski definition) is 2. The first-order valence-corrected chi connectivity index (χ1v) is 25.0. The van der Waals surface area contributed by atoms with Gasteiger partial charge in [0, 0.05) is 63.3 Å². The number of rotatable bonds is 3. The Morgan fingerprint density at radius 2 is 0.618 bits per heavy atom. The van der Waals surface area contributed by atoms with E-state index in [2.05, 4.69) is 228 Å². The summed E-state index contributed by atoms with van der Waals surface area (Å²) in [6.45, 7) is 0. The Morgan fingerprint density at radius 3 is 1.06 bits per heavy atom. The van der Waals surface area contributed by atoms with Crippen LogP contribution in [0.5, 0.6) is 0 Å². The van der Waals surface area contributed by atoms with E-state index in [4.69, 9.17) is 0 Å². The van der Waals surface area contributed by atoms with E-state index < -0.39 is 0 Å². The predicted molar refractivity (Wildman–Crippen MR) is 296 cm³/mol. The van der Waals surface area contributed by atoms with Crippen LogP contribution >= 0.6 is 22.7 Å². The summed E-state index contributed by atoms with van der Waals surface area (Å²) in [6, 6.07) is 81.7. The van der Waals surface area contributed by atoms with Crippen LogP contribution in [0.3, 0.4) is 0 Å². The van der Waals surface area contributed by atoms with Crippen molar-refractivity contribution in [1.82, 2.24) is 9.13 Å². The van der Waals surface area contributed by atoms with Gasteiger partial charge < -0.3 is 9.13 Å². The van der Waals surface area contributed by atoms with Gasteiger partial charge in [-0.15, -0.1) is 22.7 Å². The molecule has 0 aliphatic heterocycles. The second kappa shape index (κ2) is 13.6. The minimum Gasteiger partial charge on any atom is -0.307 e. The van der Waals surface area contributed by atoms with Crippen LogP contribution in [0.1, 0.15) is 0 Å². The maximum absolute atomic E-state index is 2.57. The number of benzene rings is 12. The molecule has 0 N–H and O–H groups in total. The molecule has 4 aromatic heterocycles. The van der Waals surface area contributed by atoms with Crippen LogP contribution in [0, 0.1) is 0 Å². The number of aromatic nitrogens is 2. The standard InChI is InChI=1S/C64H36N2S2/c1-3-19-41-37(15-1)17-13-27-51(41)65-53-33-31-39(35-49(53)57-43-21-5-7-23-45(43)59-47-25-9-11-29-55(47)67-63(59)61(57)65)40-32-34-54-50(36-40)58-44-22-6-8-24-46(44)60-48-26-10-12-30-56(48)68-64(60)62(58)66(54)52-28-14-18-38-16-2-4-20-42(38)52/h1-36H. The van der Waals surface area contributed by atoms with Crippen LogP contribution in [0.2, 0.25) is 0 Å². The molecule has 0 unspecified atom stereocenters. The van der Waals surface area contributed by atoms with Crippen LogP contribution in [0.25, 0.3) is 150 Å². The first-order valence-electron chi connectivity index (χ1n) is 23.3. The molecule has 0 aliphatic rings. The van der Waals surface area contributed by atoms with Crippen molar-refractivity contribution < 1.29 is 0 Å². The van der Waals surface area contributed by atoms with E-state index in [0.29, 0.717) is 0 Å². The molecule has 2 nitrogen and oxygen atoms in total. The Kier molecular flexibility index (Phi) is 7.40. The molecule has 0 spiro atoms. The van der Waals surface area contributed by atoms with Gasteiger partial charge in [0.2, 0.25) is 0 Å². The molecule has 0 saturated carbocycles. The number of fused-ring (bicyclic) bond motifs is 22. The van der Waals surface area contributed by atoms with Gasteiger partial charge in [-0.25, -0.2) is 0 Å². The van der Waals surface area contributed by atoms with Crippen LogP contribution < -0.4 is 0 Å². The van der Waals surface area contributed by atoms with Crippen molar-refractivity contribution in [3.05, 3.63) is 218 Å². The number of thiophene rings is 2. The Hall–Kier alpha value is -8.28. The highest BCUT2D eigenvalue weighted by molar-refractivity contribution is 7.27. The fourth-order valence-electron chi connectivity index (χ4n) is 12.0. The Bertz CT molecular complexity index is 4540. The molecule has 16 aromatic rings. The van der Waals surface area contributed by atoms with E-state index >= 15 is 0 Å². The highest BCUT2D eigenvalue weighted by Crippen LogP contribution is 2.51. The van der Waals surface area contributed by atoms with Crippen LogP contribution in [0.15, 0.2) is 218 Å². The quantitative estimate of drug-likeness (QED) is 0.167. The molecule has 0 aliphatic carbocycles. The average Bonchev–Trinajstić information content (AvgIpc) is 4.17. The molecule has 68 heavy (non-hydrogen) atoms. The topological polar surface area (TPSA) is 9.86 Å². The normalized spacial score (nSPS) is 12.4. The highest BCUT2D eigenvalue weighted by atomic mass is 32.1. The fraction of sp³-hybridized carbons (Fsp3) is 0. The molecule has 0 amide bonds. The van der Waals surface area contributed by atoms with Crippen molar-refractivity contribution in [2.75, 3.05) is 0 Å². The molecule has 16 rings (SSSR count). The second-order valence-corrected chi connectivity index (χ2v) is 20.4. The summed E-state index contributed by atoms with van der Waals surface area (Å²) >= 11 is 3.84. The lowest BCUT2D eigenvalue weighted by Gasteiger charge is -2.13. The minimum atomic E-state index is 1.20. The molecule has 0 bridgehead atoms. The van der Waals surface area contributed by atoms with Crippen LogP contribution in [0.4, 0.5) is 0 Å². The zero-order chi connectivity index (χ0) is 44.2. The fourth-order valence-corrected chi connectivity index (χ4v) is 14.5. The smallest absolute Gasteiger partial charge is 0.0726 e. The molecule has 0 saturated heterocycles. The Balaban J connectivity index is 1.05. The molecular formula is C64H36N2S2. The van der Waals surface area contributed by atoms with E-state index in [1.165, 1.54) is 150 Å². The molecule has 4 heterocycles. The van der Waals surface area contributed by atoms with Gasteiger partial charge >= 0.3 is 0 Å². The lowest BCUT2D eigenvalue weighted by molar-refractivity contribution is 1.21. The molecule has 4 heteroatoms. The predicted octanol–water partition coefficient (Wildman–Crippen LogP) is 18.9. The van der Waals surface area contributed by atoms with E-state index in [1.807, 2.05) is 22.7 Å². The third kappa shape index (κ3) is 4.85. The number of nitrogens with zero attached hydrogens (tertiary/aromatic N) is 2. The zero-order valence-electron chi connectivity index (χ0n) is 36.5. The van der Waals surface area contributed by atoms with E-state index in [0.717, 1.165) is 0 Å². The molecule has 0 fully saturated rings. The largest absolute Gasteiger partial charge is 0.307 e. The number of hydrogen-bond donors (Lipinski definition) is 0. The summed E-state index contributed by atoms with van der Waals surface area (Å²) in [4.78, 5) is 0. The van der Waals surface area contributed by atoms with E-state index in [9.17, 15) is 0 Å². The summed E-state index contributed by atoms with van der Waals surface area (Å²) in [5.41, 5.74) is 9.78. The van der Waals surface area contributed by atoms with Gasteiger partial charge in [0.25, 0.3) is 0 Å². The minimum absolute atomic E-state index is 1.20. The average molecular weight is 897 g/mol. The van der Waals surface area contributed by atoms with Crippen molar-refractivity contribution in [3.8, 4) is 22.5 Å². The van der Waals surface area contributed by atoms with E-state index in [-0.39, 0.29) is 0 Å². The molecule has 0 atom stereocenters. The SMILES string of the molecule is c1ccc2c(-n3c4ccc(-c5ccc6c(c5)c5c7ccccc7c7c8ccccc8sc7c5n6-c5cccc6ccccc56)cc4c4c5ccccc5c5c6ccccc6sc5c43)cccc2c1. The summed E-state index contributed by atoms with van der Waals surface area (Å²) in [5.74, 6) is 0. The summed E-state index contributed by atoms with van der Waals surface area (Å²) in [5, 5.41) is 20.6. The second-order valence-electron chi connectivity index (χ2n) is 18.3. The van der Waals surface area contributed by atoms with Crippen molar-refractivity contribution in [3.63, 3.8) is 0 Å². The maximum Gasteiger partial charge on any atom is 0.0726 e. The monoisotopic (exact) mass is 896 g/mol. The van der Waals surface area contributed by atoms with Crippen molar-refractivity contribution in [1.29, 1.82) is 0 Å². The van der Waals surface area contributed by atoms with Crippen molar-refractivity contribution in [2.45, 2.75) is 0 Å². The van der Waals surface area contributed by atoms with Gasteiger partial charge in [-0.1, -0.05) is 170 Å². The van der Waals surface area contributed by atoms with Gasteiger partial charge in [0.1, 0.15) is 0 Å². The summed E-state index contributed by atoms with van der Waals surface area (Å²) in [6.07, 6.45) is 0. The molecule has 314 valence electrons. The van der Waals surface area contributed by atoms with Gasteiger partial charge in [-0.3, -0.25) is 0 Å². The summed E-state index contributed by atoms with van der Waals surface area (Å²) in [7, 11) is 0. The third-order valence-electron chi connectivity index (χ3n) is 14.8. The van der Waals surface area contributed by atoms with Crippen molar-refractivity contribution in [2.24, 2.45) is 0 Å².